The Labute approximate surface area is 184 Å². The molecule has 0 spiro atoms. The summed E-state index contributed by atoms with van der Waals surface area (Å²) in [5, 5.41) is 12.6. The molecule has 166 valence electrons. The number of pyridine rings is 1. The Morgan fingerprint density at radius 3 is 2.71 bits per heavy atom. The number of carbonyl (C=O) groups excluding carboxylic acids is 2. The summed E-state index contributed by atoms with van der Waals surface area (Å²) in [4.78, 5) is 41.5. The number of hydrogen-bond acceptors (Lipinski definition) is 4. The minimum Gasteiger partial charge on any atom is -0.503 e. The Balaban J connectivity index is 1.68. The number of H-pyrrole nitrogens is 1. The molecule has 1 saturated carbocycles. The van der Waals surface area contributed by atoms with Gasteiger partial charge in [-0.05, 0) is 30.7 Å². The first kappa shape index (κ1) is 22.8. The van der Waals surface area contributed by atoms with Crippen molar-refractivity contribution in [3.8, 4) is 5.75 Å². The monoisotopic (exact) mass is 449 g/mol. The van der Waals surface area contributed by atoms with Gasteiger partial charge in [-0.3, -0.25) is 14.4 Å². The number of nitrogens with zero attached hydrogens (tertiary/aromatic N) is 1. The molecule has 9 heteroatoms. The molecule has 1 aromatic heterocycles. The Bertz CT molecular complexity index is 1050. The summed E-state index contributed by atoms with van der Waals surface area (Å²) in [7, 11) is 1.61. The Kier molecular flexibility index (Phi) is 7.00. The third-order valence-electron chi connectivity index (χ3n) is 5.78. The average Bonchev–Trinajstić information content (AvgIpc) is 2.72. The van der Waals surface area contributed by atoms with Gasteiger partial charge in [-0.15, -0.1) is 0 Å². The molecule has 0 bridgehead atoms. The van der Waals surface area contributed by atoms with Crippen LogP contribution < -0.4 is 10.7 Å². The lowest BCUT2D eigenvalue weighted by atomic mass is 9.73. The number of rotatable bonds is 7. The SMILES string of the molecule is CCC1CC(CN(C)C(=O)c2[nH]cc(C(=O)NCc3cccc(Cl)c3F)c(=O)c2O)C1. The maximum Gasteiger partial charge on any atom is 0.274 e. The zero-order valence-corrected chi connectivity index (χ0v) is 18.1. The Morgan fingerprint density at radius 1 is 1.32 bits per heavy atom. The third kappa shape index (κ3) is 4.90. The van der Waals surface area contributed by atoms with Crippen molar-refractivity contribution in [1.82, 2.24) is 15.2 Å². The van der Waals surface area contributed by atoms with Crippen LogP contribution in [-0.2, 0) is 6.54 Å². The first-order valence-electron chi connectivity index (χ1n) is 10.1. The van der Waals surface area contributed by atoms with E-state index in [0.29, 0.717) is 18.4 Å². The van der Waals surface area contributed by atoms with Crippen LogP contribution in [0.2, 0.25) is 5.02 Å². The highest BCUT2D eigenvalue weighted by atomic mass is 35.5. The van der Waals surface area contributed by atoms with Gasteiger partial charge in [0.25, 0.3) is 11.8 Å². The summed E-state index contributed by atoms with van der Waals surface area (Å²) < 4.78 is 13.9. The maximum absolute atomic E-state index is 13.9. The van der Waals surface area contributed by atoms with Crippen molar-refractivity contribution in [3.63, 3.8) is 0 Å². The number of aromatic hydroxyl groups is 1. The molecule has 3 N–H and O–H groups in total. The summed E-state index contributed by atoms with van der Waals surface area (Å²) in [6, 6.07) is 4.37. The van der Waals surface area contributed by atoms with Crippen LogP contribution in [0.3, 0.4) is 0 Å². The Hall–Kier alpha value is -2.87. The van der Waals surface area contributed by atoms with E-state index in [2.05, 4.69) is 17.2 Å². The van der Waals surface area contributed by atoms with Crippen LogP contribution in [-0.4, -0.2) is 40.4 Å². The van der Waals surface area contributed by atoms with Crippen LogP contribution in [0.15, 0.2) is 29.2 Å². The van der Waals surface area contributed by atoms with Crippen LogP contribution in [0.5, 0.6) is 5.75 Å². The molecular formula is C22H25ClFN3O4. The van der Waals surface area contributed by atoms with Gasteiger partial charge in [-0.2, -0.15) is 0 Å². The zero-order chi connectivity index (χ0) is 22.7. The topological polar surface area (TPSA) is 103 Å². The summed E-state index contributed by atoms with van der Waals surface area (Å²) in [5.41, 5.74) is -1.48. The second kappa shape index (κ2) is 9.51. The molecular weight excluding hydrogens is 425 g/mol. The summed E-state index contributed by atoms with van der Waals surface area (Å²) in [5.74, 6) is -1.73. The van der Waals surface area contributed by atoms with Crippen molar-refractivity contribution in [1.29, 1.82) is 0 Å². The van der Waals surface area contributed by atoms with Gasteiger partial charge in [0.15, 0.2) is 11.4 Å². The van der Waals surface area contributed by atoms with Crippen molar-refractivity contribution in [2.24, 2.45) is 11.8 Å². The fourth-order valence-corrected chi connectivity index (χ4v) is 4.02. The van der Waals surface area contributed by atoms with Crippen LogP contribution in [0.4, 0.5) is 4.39 Å². The molecule has 0 saturated heterocycles. The second-order valence-electron chi connectivity index (χ2n) is 7.95. The van der Waals surface area contributed by atoms with Crippen molar-refractivity contribution in [2.45, 2.75) is 32.7 Å². The summed E-state index contributed by atoms with van der Waals surface area (Å²) in [6.07, 6.45) is 4.31. The molecule has 0 atom stereocenters. The highest BCUT2D eigenvalue weighted by Crippen LogP contribution is 2.36. The summed E-state index contributed by atoms with van der Waals surface area (Å²) in [6.45, 7) is 2.47. The van der Waals surface area contributed by atoms with Crippen molar-refractivity contribution in [2.75, 3.05) is 13.6 Å². The van der Waals surface area contributed by atoms with E-state index in [1.165, 1.54) is 23.1 Å². The van der Waals surface area contributed by atoms with Gasteiger partial charge in [-0.25, -0.2) is 4.39 Å². The number of aromatic amines is 1. The molecule has 1 heterocycles. The minimum atomic E-state index is -0.978. The van der Waals surface area contributed by atoms with Gasteiger partial charge in [0, 0.05) is 31.9 Å². The molecule has 1 aromatic carbocycles. The largest absolute Gasteiger partial charge is 0.503 e. The molecule has 0 unspecified atom stereocenters. The van der Waals surface area contributed by atoms with Gasteiger partial charge in [-0.1, -0.05) is 37.1 Å². The standard InChI is InChI=1S/C22H25ClFN3O4/c1-3-12-7-13(8-12)11-27(2)22(31)18-20(29)19(28)15(10-25-18)21(30)26-9-14-5-4-6-16(23)17(14)24/h4-6,10,12-13,29H,3,7-9,11H2,1-2H3,(H,25,28)(H,26,30). The fraction of sp³-hybridized carbons (Fsp3) is 0.409. The lowest BCUT2D eigenvalue weighted by Crippen LogP contribution is -2.38. The lowest BCUT2D eigenvalue weighted by Gasteiger charge is -2.37. The summed E-state index contributed by atoms with van der Waals surface area (Å²) >= 11 is 5.71. The number of benzene rings is 1. The quantitative estimate of drug-likeness (QED) is 0.603. The molecule has 1 fully saturated rings. The normalized spacial score (nSPS) is 17.7. The number of hydrogen-bond donors (Lipinski definition) is 3. The molecule has 1 aliphatic rings. The van der Waals surface area contributed by atoms with Gasteiger partial charge in [0.05, 0.1) is 5.02 Å². The number of nitrogens with one attached hydrogen (secondary N) is 2. The van der Waals surface area contributed by atoms with Crippen LogP contribution >= 0.6 is 11.6 Å². The molecule has 2 amide bonds. The van der Waals surface area contributed by atoms with Gasteiger partial charge < -0.3 is 20.3 Å². The van der Waals surface area contributed by atoms with E-state index < -0.39 is 28.8 Å². The second-order valence-corrected chi connectivity index (χ2v) is 8.36. The van der Waals surface area contributed by atoms with E-state index in [4.69, 9.17) is 11.6 Å². The average molecular weight is 450 g/mol. The molecule has 0 radical (unpaired) electrons. The van der Waals surface area contributed by atoms with E-state index in [-0.39, 0.29) is 28.4 Å². The Morgan fingerprint density at radius 2 is 2.03 bits per heavy atom. The van der Waals surface area contributed by atoms with E-state index in [9.17, 15) is 23.9 Å². The smallest absolute Gasteiger partial charge is 0.274 e. The molecule has 7 nitrogen and oxygen atoms in total. The van der Waals surface area contributed by atoms with Gasteiger partial charge in [0.2, 0.25) is 5.43 Å². The predicted octanol–water partition coefficient (Wildman–Crippen LogP) is 3.31. The number of halogens is 2. The highest BCUT2D eigenvalue weighted by molar-refractivity contribution is 6.30. The van der Waals surface area contributed by atoms with E-state index >= 15 is 0 Å². The molecule has 3 rings (SSSR count). The number of aromatic nitrogens is 1. The zero-order valence-electron chi connectivity index (χ0n) is 17.4. The molecule has 0 aliphatic heterocycles. The predicted molar refractivity (Wildman–Crippen MR) is 115 cm³/mol. The number of carbonyl (C=O) groups is 2. The molecule has 2 aromatic rings. The third-order valence-corrected chi connectivity index (χ3v) is 6.07. The van der Waals surface area contributed by atoms with Crippen LogP contribution in [0.25, 0.3) is 0 Å². The van der Waals surface area contributed by atoms with Crippen molar-refractivity contribution in [3.05, 3.63) is 62.3 Å². The van der Waals surface area contributed by atoms with E-state index in [0.717, 1.165) is 25.5 Å². The first-order chi connectivity index (χ1) is 14.7. The maximum atomic E-state index is 13.9. The highest BCUT2D eigenvalue weighted by Gasteiger charge is 2.30. The van der Waals surface area contributed by atoms with Crippen molar-refractivity contribution >= 4 is 23.4 Å². The van der Waals surface area contributed by atoms with Crippen LogP contribution in [0.1, 0.15) is 52.6 Å². The van der Waals surface area contributed by atoms with Gasteiger partial charge in [0.1, 0.15) is 11.4 Å². The first-order valence-corrected chi connectivity index (χ1v) is 10.5. The number of amides is 2. The van der Waals surface area contributed by atoms with Crippen molar-refractivity contribution < 1.29 is 19.1 Å². The van der Waals surface area contributed by atoms with E-state index in [1.54, 1.807) is 7.05 Å². The molecule has 31 heavy (non-hydrogen) atoms. The fourth-order valence-electron chi connectivity index (χ4n) is 3.82. The lowest BCUT2D eigenvalue weighted by molar-refractivity contribution is 0.0688. The molecule has 1 aliphatic carbocycles. The van der Waals surface area contributed by atoms with Crippen LogP contribution in [0, 0.1) is 17.7 Å². The van der Waals surface area contributed by atoms with Gasteiger partial charge >= 0.3 is 0 Å². The minimum absolute atomic E-state index is 0.0821. The van der Waals surface area contributed by atoms with E-state index in [1.807, 2.05) is 0 Å².